The number of hydrogen-bond donors (Lipinski definition) is 2. The van der Waals surface area contributed by atoms with Crippen molar-refractivity contribution in [1.82, 2.24) is 4.41 Å². The third kappa shape index (κ3) is 2.96. The zero-order valence-corrected chi connectivity index (χ0v) is 14.4. The van der Waals surface area contributed by atoms with Crippen molar-refractivity contribution in [1.29, 1.82) is 0 Å². The second-order valence-corrected chi connectivity index (χ2v) is 6.41. The van der Waals surface area contributed by atoms with Crippen LogP contribution in [0.25, 0.3) is 0 Å². The number of anilines is 1. The van der Waals surface area contributed by atoms with Crippen molar-refractivity contribution in [2.24, 2.45) is 5.73 Å². The first-order chi connectivity index (χ1) is 9.55. The highest BCUT2D eigenvalue weighted by atomic mass is 79.9. The highest BCUT2D eigenvalue weighted by Crippen LogP contribution is 2.45. The molecule has 1 aliphatic heterocycles. The van der Waals surface area contributed by atoms with E-state index in [1.54, 1.807) is 6.92 Å². The van der Waals surface area contributed by atoms with Gasteiger partial charge in [-0.05, 0) is 24.6 Å². The Morgan fingerprint density at radius 3 is 2.10 bits per heavy atom. The van der Waals surface area contributed by atoms with Crippen molar-refractivity contribution in [2.75, 3.05) is 5.01 Å². The van der Waals surface area contributed by atoms with Crippen LogP contribution in [0.4, 0.5) is 18.9 Å². The van der Waals surface area contributed by atoms with Crippen LogP contribution in [0.15, 0.2) is 23.5 Å². The van der Waals surface area contributed by atoms with Gasteiger partial charge in [0.25, 0.3) is 0 Å². The van der Waals surface area contributed by atoms with Crippen molar-refractivity contribution in [3.05, 3.63) is 39.1 Å². The number of rotatable bonds is 1. The third-order valence-corrected chi connectivity index (χ3v) is 5.33. The molecule has 1 aliphatic rings. The van der Waals surface area contributed by atoms with E-state index in [2.05, 4.69) is 28.7 Å². The van der Waals surface area contributed by atoms with E-state index in [4.69, 9.17) is 28.9 Å². The summed E-state index contributed by atoms with van der Waals surface area (Å²) in [6, 6.07) is 1.60. The van der Waals surface area contributed by atoms with Gasteiger partial charge in [0.2, 0.25) is 0 Å². The van der Waals surface area contributed by atoms with Gasteiger partial charge in [-0.15, -0.1) is 4.41 Å². The van der Waals surface area contributed by atoms with Crippen molar-refractivity contribution in [2.45, 2.75) is 18.1 Å². The van der Waals surface area contributed by atoms with Crippen LogP contribution in [-0.4, -0.2) is 9.37 Å². The molecular weight excluding hydrogens is 414 g/mol. The van der Waals surface area contributed by atoms with Gasteiger partial charge in [0.1, 0.15) is 10.8 Å². The van der Waals surface area contributed by atoms with Gasteiger partial charge in [-0.2, -0.15) is 13.2 Å². The molecule has 1 unspecified atom stereocenters. The third-order valence-electron chi connectivity index (χ3n) is 2.95. The molecule has 116 valence electrons. The van der Waals surface area contributed by atoms with E-state index in [-0.39, 0.29) is 26.5 Å². The molecule has 0 bridgehead atoms. The molecule has 0 saturated carbocycles. The number of hydrazine groups is 1. The lowest BCUT2D eigenvalue weighted by atomic mass is 10.2. The summed E-state index contributed by atoms with van der Waals surface area (Å²) in [4.78, 5) is -0.324. The molecule has 1 aromatic carbocycles. The predicted octanol–water partition coefficient (Wildman–Crippen LogP) is 4.81. The average Bonchev–Trinajstić information content (AvgIpc) is 2.54. The summed E-state index contributed by atoms with van der Waals surface area (Å²) in [7, 11) is 0. The first kappa shape index (κ1) is 17.1. The number of nitrogens with two attached hydrogens (primary N) is 1. The second-order valence-electron chi connectivity index (χ2n) is 4.32. The standard InChI is InChI=1S/C11H9BrCl2F3N3S/c1-4-9(12)20(21)19(10(4)18)8-6(13)2-5(3-7(8)14)11(15,16)17/h2-3,9,21H,18H2,1H3. The minimum Gasteiger partial charge on any atom is -0.384 e. The topological polar surface area (TPSA) is 32.5 Å². The van der Waals surface area contributed by atoms with Crippen LogP contribution >= 0.6 is 51.9 Å². The Labute approximate surface area is 143 Å². The van der Waals surface area contributed by atoms with Crippen LogP contribution in [0.1, 0.15) is 12.5 Å². The molecule has 1 atom stereocenters. The molecule has 1 aromatic rings. The lowest BCUT2D eigenvalue weighted by Crippen LogP contribution is -2.35. The Kier molecular flexibility index (Phi) is 4.66. The normalized spacial score (nSPS) is 20.6. The van der Waals surface area contributed by atoms with Crippen LogP contribution in [0.3, 0.4) is 0 Å². The summed E-state index contributed by atoms with van der Waals surface area (Å²) in [5.74, 6) is 0.287. The summed E-state index contributed by atoms with van der Waals surface area (Å²) in [6.45, 7) is 1.75. The van der Waals surface area contributed by atoms with Gasteiger partial charge in [0.05, 0.1) is 21.3 Å². The fraction of sp³-hybridized carbons (Fsp3) is 0.273. The van der Waals surface area contributed by atoms with E-state index >= 15 is 0 Å². The fourth-order valence-corrected chi connectivity index (χ4v) is 3.25. The van der Waals surface area contributed by atoms with E-state index in [9.17, 15) is 13.2 Å². The first-order valence-electron chi connectivity index (χ1n) is 5.50. The Morgan fingerprint density at radius 1 is 1.29 bits per heavy atom. The lowest BCUT2D eigenvalue weighted by Gasteiger charge is -2.29. The number of benzene rings is 1. The summed E-state index contributed by atoms with van der Waals surface area (Å²) < 4.78 is 39.6. The van der Waals surface area contributed by atoms with Crippen molar-refractivity contribution < 1.29 is 13.2 Å². The van der Waals surface area contributed by atoms with E-state index < -0.39 is 11.7 Å². The summed E-state index contributed by atoms with van der Waals surface area (Å²) in [6.07, 6.45) is -4.53. The monoisotopic (exact) mass is 421 g/mol. The summed E-state index contributed by atoms with van der Waals surface area (Å²) >= 11 is 19.5. The molecule has 0 radical (unpaired) electrons. The molecule has 3 nitrogen and oxygen atoms in total. The Hall–Kier alpha value is -0.280. The average molecular weight is 423 g/mol. The Bertz CT molecular complexity index is 600. The molecular formula is C11H9BrCl2F3N3S. The number of nitrogens with zero attached hydrogens (tertiary/aromatic N) is 2. The maximum atomic E-state index is 12.7. The van der Waals surface area contributed by atoms with Gasteiger partial charge in [-0.25, -0.2) is 5.01 Å². The lowest BCUT2D eigenvalue weighted by molar-refractivity contribution is -0.137. The SMILES string of the molecule is CC1=C(N)N(c2c(Cl)cc(C(F)(F)F)cc2Cl)N(S)C1Br. The molecule has 10 heteroatoms. The number of thiol groups is 1. The van der Waals surface area contributed by atoms with E-state index in [1.165, 1.54) is 9.42 Å². The number of hydrogen-bond acceptors (Lipinski definition) is 4. The fourth-order valence-electron chi connectivity index (χ4n) is 1.83. The van der Waals surface area contributed by atoms with E-state index in [1.807, 2.05) is 0 Å². The maximum Gasteiger partial charge on any atom is 0.416 e. The van der Waals surface area contributed by atoms with Crippen LogP contribution in [-0.2, 0) is 6.18 Å². The molecule has 2 rings (SSSR count). The minimum absolute atomic E-state index is 0.139. The smallest absolute Gasteiger partial charge is 0.384 e. The minimum atomic E-state index is -4.53. The zero-order chi connectivity index (χ0) is 16.1. The molecule has 21 heavy (non-hydrogen) atoms. The summed E-state index contributed by atoms with van der Waals surface area (Å²) in [5.41, 5.74) is 5.89. The van der Waals surface area contributed by atoms with Gasteiger partial charge >= 0.3 is 6.18 Å². The van der Waals surface area contributed by atoms with Gasteiger partial charge in [-0.1, -0.05) is 51.9 Å². The largest absolute Gasteiger partial charge is 0.416 e. The van der Waals surface area contributed by atoms with E-state index in [0.717, 1.165) is 17.7 Å². The molecule has 2 N–H and O–H groups in total. The zero-order valence-electron chi connectivity index (χ0n) is 10.4. The van der Waals surface area contributed by atoms with Gasteiger partial charge in [0, 0.05) is 0 Å². The molecule has 1 heterocycles. The Balaban J connectivity index is 2.57. The number of halogens is 6. The summed E-state index contributed by atoms with van der Waals surface area (Å²) in [5, 5.41) is 1.00. The molecule has 0 aromatic heterocycles. The quantitative estimate of drug-likeness (QED) is 0.387. The highest BCUT2D eigenvalue weighted by molar-refractivity contribution is 9.09. The van der Waals surface area contributed by atoms with Crippen LogP contribution < -0.4 is 10.7 Å². The predicted molar refractivity (Wildman–Crippen MR) is 84.4 cm³/mol. The molecule has 0 amide bonds. The first-order valence-corrected chi connectivity index (χ1v) is 7.57. The number of alkyl halides is 4. The molecule has 0 spiro atoms. The second kappa shape index (κ2) is 5.73. The molecule has 0 saturated heterocycles. The van der Waals surface area contributed by atoms with Gasteiger partial charge < -0.3 is 5.73 Å². The van der Waals surface area contributed by atoms with Gasteiger partial charge in [-0.3, -0.25) is 0 Å². The molecule has 0 fully saturated rings. The highest BCUT2D eigenvalue weighted by Gasteiger charge is 2.37. The van der Waals surface area contributed by atoms with Crippen molar-refractivity contribution in [3.8, 4) is 0 Å². The van der Waals surface area contributed by atoms with E-state index in [0.29, 0.717) is 0 Å². The van der Waals surface area contributed by atoms with Crippen LogP contribution in [0, 0.1) is 0 Å². The van der Waals surface area contributed by atoms with Crippen molar-refractivity contribution >= 4 is 57.6 Å². The Morgan fingerprint density at radius 2 is 1.76 bits per heavy atom. The van der Waals surface area contributed by atoms with Crippen LogP contribution in [0.5, 0.6) is 0 Å². The maximum absolute atomic E-state index is 12.7. The van der Waals surface area contributed by atoms with Crippen molar-refractivity contribution in [3.63, 3.8) is 0 Å². The van der Waals surface area contributed by atoms with Gasteiger partial charge in [0.15, 0.2) is 0 Å². The molecule has 0 aliphatic carbocycles. The van der Waals surface area contributed by atoms with Crippen LogP contribution in [0.2, 0.25) is 10.0 Å².